The molecule has 0 aromatic carbocycles. The number of rotatable bonds is 9. The second-order valence-corrected chi connectivity index (χ2v) is 4.84. The fourth-order valence-corrected chi connectivity index (χ4v) is 1.80. The predicted octanol–water partition coefficient (Wildman–Crippen LogP) is 1.69. The van der Waals surface area contributed by atoms with Crippen molar-refractivity contribution in [2.24, 2.45) is 0 Å². The summed E-state index contributed by atoms with van der Waals surface area (Å²) < 4.78 is 2.15. The van der Waals surface area contributed by atoms with Crippen LogP contribution in [0.4, 0.5) is 0 Å². The minimum absolute atomic E-state index is 0.110. The van der Waals surface area contributed by atoms with Crippen LogP contribution in [-0.4, -0.2) is 28.0 Å². The van der Waals surface area contributed by atoms with E-state index in [2.05, 4.69) is 34.0 Å². The van der Waals surface area contributed by atoms with Gasteiger partial charge in [0.05, 0.1) is 6.54 Å². The maximum absolute atomic E-state index is 11.6. The van der Waals surface area contributed by atoms with Gasteiger partial charge >= 0.3 is 0 Å². The van der Waals surface area contributed by atoms with Gasteiger partial charge < -0.3 is 15.2 Å². The maximum Gasteiger partial charge on any atom is 0.221 e. The van der Waals surface area contributed by atoms with Gasteiger partial charge in [-0.2, -0.15) is 0 Å². The van der Waals surface area contributed by atoms with Gasteiger partial charge in [-0.15, -0.1) is 0 Å². The number of aryl methyl sites for hydroxylation is 1. The van der Waals surface area contributed by atoms with Gasteiger partial charge in [-0.1, -0.05) is 13.8 Å². The van der Waals surface area contributed by atoms with E-state index in [0.717, 1.165) is 25.2 Å². The second kappa shape index (κ2) is 8.69. The van der Waals surface area contributed by atoms with Gasteiger partial charge in [0.1, 0.15) is 5.82 Å². The molecule has 0 aliphatic carbocycles. The highest BCUT2D eigenvalue weighted by molar-refractivity contribution is 5.76. The molecule has 0 spiro atoms. The summed E-state index contributed by atoms with van der Waals surface area (Å²) in [5.41, 5.74) is 0. The molecule has 0 saturated heterocycles. The summed E-state index contributed by atoms with van der Waals surface area (Å²) >= 11 is 0. The van der Waals surface area contributed by atoms with Crippen LogP contribution in [0.2, 0.25) is 0 Å². The Morgan fingerprint density at radius 3 is 2.95 bits per heavy atom. The fraction of sp³-hybridized carbons (Fsp3) is 0.714. The SMILES string of the molecule is CCCn1ccnc1CNCCC(=O)NC(C)CC. The zero-order valence-corrected chi connectivity index (χ0v) is 12.3. The molecule has 0 fully saturated rings. The lowest BCUT2D eigenvalue weighted by Gasteiger charge is -2.11. The van der Waals surface area contributed by atoms with E-state index in [0.29, 0.717) is 19.5 Å². The number of amides is 1. The number of carbonyl (C=O) groups excluding carboxylic acids is 1. The highest BCUT2D eigenvalue weighted by Gasteiger charge is 2.05. The first-order valence-corrected chi connectivity index (χ1v) is 7.17. The smallest absolute Gasteiger partial charge is 0.221 e. The summed E-state index contributed by atoms with van der Waals surface area (Å²) in [6.45, 7) is 8.62. The quantitative estimate of drug-likeness (QED) is 0.669. The number of aromatic nitrogens is 2. The first-order valence-electron chi connectivity index (χ1n) is 7.17. The molecule has 108 valence electrons. The number of carbonyl (C=O) groups is 1. The van der Waals surface area contributed by atoms with E-state index < -0.39 is 0 Å². The average Bonchev–Trinajstić information content (AvgIpc) is 2.82. The van der Waals surface area contributed by atoms with Crippen molar-refractivity contribution in [3.63, 3.8) is 0 Å². The molecular formula is C14H26N4O. The number of hydrogen-bond donors (Lipinski definition) is 2. The van der Waals surface area contributed by atoms with Crippen molar-refractivity contribution < 1.29 is 4.79 Å². The van der Waals surface area contributed by atoms with Crippen LogP contribution in [0.5, 0.6) is 0 Å². The normalized spacial score (nSPS) is 12.4. The monoisotopic (exact) mass is 266 g/mol. The first-order chi connectivity index (χ1) is 9.17. The standard InChI is InChI=1S/C14H26N4O/c1-4-9-18-10-8-16-13(18)11-15-7-6-14(19)17-12(3)5-2/h8,10,12,15H,4-7,9,11H2,1-3H3,(H,17,19). The molecule has 1 amide bonds. The van der Waals surface area contributed by atoms with Crippen molar-refractivity contribution in [2.75, 3.05) is 6.54 Å². The van der Waals surface area contributed by atoms with Crippen LogP contribution in [0.25, 0.3) is 0 Å². The van der Waals surface area contributed by atoms with Gasteiger partial charge in [-0.25, -0.2) is 4.98 Å². The molecule has 2 N–H and O–H groups in total. The average molecular weight is 266 g/mol. The molecule has 0 radical (unpaired) electrons. The Bertz CT molecular complexity index is 375. The van der Waals surface area contributed by atoms with Gasteiger partial charge in [-0.05, 0) is 19.8 Å². The van der Waals surface area contributed by atoms with Crippen LogP contribution in [-0.2, 0) is 17.9 Å². The minimum Gasteiger partial charge on any atom is -0.354 e. The Hall–Kier alpha value is -1.36. The molecule has 19 heavy (non-hydrogen) atoms. The van der Waals surface area contributed by atoms with Crippen molar-refractivity contribution >= 4 is 5.91 Å². The number of hydrogen-bond acceptors (Lipinski definition) is 3. The molecule has 1 unspecified atom stereocenters. The zero-order valence-electron chi connectivity index (χ0n) is 12.3. The van der Waals surface area contributed by atoms with E-state index in [1.54, 1.807) is 0 Å². The molecule has 0 aliphatic heterocycles. The molecule has 0 bridgehead atoms. The third-order valence-electron chi connectivity index (χ3n) is 3.10. The maximum atomic E-state index is 11.6. The largest absolute Gasteiger partial charge is 0.354 e. The topological polar surface area (TPSA) is 59.0 Å². The summed E-state index contributed by atoms with van der Waals surface area (Å²) in [4.78, 5) is 15.9. The van der Waals surface area contributed by atoms with Gasteiger partial charge in [-0.3, -0.25) is 4.79 Å². The summed E-state index contributed by atoms with van der Waals surface area (Å²) in [5.74, 6) is 1.14. The van der Waals surface area contributed by atoms with E-state index in [9.17, 15) is 4.79 Å². The third-order valence-corrected chi connectivity index (χ3v) is 3.10. The van der Waals surface area contributed by atoms with Gasteiger partial charge in [0.2, 0.25) is 5.91 Å². The molecule has 1 rings (SSSR count). The third kappa shape index (κ3) is 5.87. The zero-order chi connectivity index (χ0) is 14.1. The van der Waals surface area contributed by atoms with Gasteiger partial charge in [0.25, 0.3) is 0 Å². The van der Waals surface area contributed by atoms with Gasteiger partial charge in [0, 0.05) is 37.9 Å². The van der Waals surface area contributed by atoms with Crippen LogP contribution < -0.4 is 10.6 Å². The summed E-state index contributed by atoms with van der Waals surface area (Å²) in [5, 5.41) is 6.22. The van der Waals surface area contributed by atoms with Crippen LogP contribution in [0.3, 0.4) is 0 Å². The molecule has 1 aromatic rings. The molecule has 1 aromatic heterocycles. The molecular weight excluding hydrogens is 240 g/mol. The van der Waals surface area contributed by atoms with Crippen molar-refractivity contribution in [2.45, 2.75) is 59.2 Å². The van der Waals surface area contributed by atoms with Crippen LogP contribution in [0.15, 0.2) is 12.4 Å². The molecule has 5 heteroatoms. The lowest BCUT2D eigenvalue weighted by molar-refractivity contribution is -0.121. The van der Waals surface area contributed by atoms with E-state index in [1.165, 1.54) is 0 Å². The molecule has 1 heterocycles. The van der Waals surface area contributed by atoms with Gasteiger partial charge in [0.15, 0.2) is 0 Å². The van der Waals surface area contributed by atoms with Crippen molar-refractivity contribution in [3.8, 4) is 0 Å². The second-order valence-electron chi connectivity index (χ2n) is 4.84. The Morgan fingerprint density at radius 1 is 1.47 bits per heavy atom. The number of imidazole rings is 1. The predicted molar refractivity (Wildman–Crippen MR) is 76.7 cm³/mol. The van der Waals surface area contributed by atoms with Crippen molar-refractivity contribution in [1.82, 2.24) is 20.2 Å². The number of nitrogens with one attached hydrogen (secondary N) is 2. The van der Waals surface area contributed by atoms with E-state index >= 15 is 0 Å². The van der Waals surface area contributed by atoms with Crippen LogP contribution >= 0.6 is 0 Å². The number of nitrogens with zero attached hydrogens (tertiary/aromatic N) is 2. The minimum atomic E-state index is 0.110. The molecule has 0 saturated carbocycles. The van der Waals surface area contributed by atoms with E-state index in [-0.39, 0.29) is 11.9 Å². The Kier molecular flexibility index (Phi) is 7.18. The fourth-order valence-electron chi connectivity index (χ4n) is 1.80. The highest BCUT2D eigenvalue weighted by Crippen LogP contribution is 1.99. The molecule has 0 aliphatic rings. The lowest BCUT2D eigenvalue weighted by atomic mass is 10.2. The molecule has 5 nitrogen and oxygen atoms in total. The van der Waals surface area contributed by atoms with Crippen molar-refractivity contribution in [3.05, 3.63) is 18.2 Å². The highest BCUT2D eigenvalue weighted by atomic mass is 16.1. The van der Waals surface area contributed by atoms with E-state index in [4.69, 9.17) is 0 Å². The first kappa shape index (κ1) is 15.7. The van der Waals surface area contributed by atoms with E-state index in [1.807, 2.05) is 19.3 Å². The Balaban J connectivity index is 2.20. The Labute approximate surface area is 115 Å². The van der Waals surface area contributed by atoms with Crippen molar-refractivity contribution in [1.29, 1.82) is 0 Å². The van der Waals surface area contributed by atoms with Crippen LogP contribution in [0.1, 0.15) is 45.9 Å². The summed E-state index contributed by atoms with van der Waals surface area (Å²) in [7, 11) is 0. The summed E-state index contributed by atoms with van der Waals surface area (Å²) in [6.07, 6.45) is 6.39. The summed E-state index contributed by atoms with van der Waals surface area (Å²) in [6, 6.07) is 0.260. The Morgan fingerprint density at radius 2 is 2.26 bits per heavy atom. The lowest BCUT2D eigenvalue weighted by Crippen LogP contribution is -2.34. The van der Waals surface area contributed by atoms with Crippen LogP contribution in [0, 0.1) is 0 Å². The molecule has 1 atom stereocenters.